The molecule has 4 atom stereocenters. The lowest BCUT2D eigenvalue weighted by Crippen LogP contribution is -2.46. The van der Waals surface area contributed by atoms with Crippen LogP contribution in [0.25, 0.3) is 0 Å². The lowest BCUT2D eigenvalue weighted by molar-refractivity contribution is -0.127. The van der Waals surface area contributed by atoms with E-state index in [1.165, 1.54) is 6.42 Å². The zero-order valence-corrected chi connectivity index (χ0v) is 18.8. The van der Waals surface area contributed by atoms with E-state index in [-0.39, 0.29) is 41.8 Å². The maximum atomic E-state index is 13.0. The fourth-order valence-electron chi connectivity index (χ4n) is 5.26. The summed E-state index contributed by atoms with van der Waals surface area (Å²) >= 11 is 0. The fourth-order valence-corrected chi connectivity index (χ4v) is 5.26. The number of fused-ring (bicyclic) bond motifs is 1. The molecule has 4 unspecified atom stereocenters. The molecule has 2 aromatic carbocycles. The van der Waals surface area contributed by atoms with Gasteiger partial charge in [0.25, 0.3) is 0 Å². The van der Waals surface area contributed by atoms with Crippen molar-refractivity contribution in [3.8, 4) is 11.5 Å². The molecule has 2 aliphatic heterocycles. The molecule has 1 amide bonds. The largest absolute Gasteiger partial charge is 0.457 e. The summed E-state index contributed by atoms with van der Waals surface area (Å²) in [5.41, 5.74) is 0.618. The van der Waals surface area contributed by atoms with Gasteiger partial charge in [0.05, 0.1) is 25.4 Å². The number of benzene rings is 2. The predicted molar refractivity (Wildman–Crippen MR) is 123 cm³/mol. The van der Waals surface area contributed by atoms with Gasteiger partial charge in [-0.2, -0.15) is 0 Å². The van der Waals surface area contributed by atoms with Gasteiger partial charge < -0.3 is 19.5 Å². The molecule has 1 aliphatic carbocycles. The maximum Gasteiger partial charge on any atom is 0.223 e. The number of rotatable bonds is 7. The first kappa shape index (κ1) is 22.1. The molecule has 33 heavy (non-hydrogen) atoms. The van der Waals surface area contributed by atoms with Gasteiger partial charge in [0.1, 0.15) is 17.6 Å². The minimum atomic E-state index is -0.178. The van der Waals surface area contributed by atoms with Crippen LogP contribution in [-0.4, -0.2) is 43.2 Å². The van der Waals surface area contributed by atoms with Gasteiger partial charge in [-0.05, 0) is 37.1 Å². The number of hydrogen-bond donors (Lipinski definition) is 1. The highest BCUT2D eigenvalue weighted by Crippen LogP contribution is 2.35. The molecule has 0 spiro atoms. The van der Waals surface area contributed by atoms with Crippen molar-refractivity contribution < 1.29 is 23.8 Å². The molecule has 174 valence electrons. The molecule has 0 aromatic heterocycles. The van der Waals surface area contributed by atoms with Crippen LogP contribution < -0.4 is 10.1 Å². The van der Waals surface area contributed by atoms with Crippen LogP contribution in [0.4, 0.5) is 0 Å². The first-order valence-electron chi connectivity index (χ1n) is 12.1. The Morgan fingerprint density at radius 3 is 2.45 bits per heavy atom. The highest BCUT2D eigenvalue weighted by atomic mass is 16.6. The number of carbonyl (C=O) groups excluding carboxylic acids is 2. The minimum Gasteiger partial charge on any atom is -0.457 e. The zero-order chi connectivity index (χ0) is 22.6. The van der Waals surface area contributed by atoms with Crippen molar-refractivity contribution in [1.29, 1.82) is 0 Å². The first-order chi connectivity index (χ1) is 16.2. The second-order valence-corrected chi connectivity index (χ2v) is 9.38. The molecule has 0 radical (unpaired) electrons. The van der Waals surface area contributed by atoms with Crippen molar-refractivity contribution in [2.75, 3.05) is 13.2 Å². The lowest BCUT2D eigenvalue weighted by atomic mass is 9.88. The molecule has 2 heterocycles. The number of para-hydroxylation sites is 1. The van der Waals surface area contributed by atoms with E-state index in [1.807, 2.05) is 48.5 Å². The van der Waals surface area contributed by atoms with Crippen molar-refractivity contribution >= 4 is 11.7 Å². The molecule has 2 aromatic rings. The third kappa shape index (κ3) is 5.12. The quantitative estimate of drug-likeness (QED) is 0.629. The highest BCUT2D eigenvalue weighted by Gasteiger charge is 2.48. The van der Waals surface area contributed by atoms with Crippen LogP contribution in [0.2, 0.25) is 0 Å². The van der Waals surface area contributed by atoms with Crippen LogP contribution in [-0.2, 0) is 14.3 Å². The van der Waals surface area contributed by atoms with Gasteiger partial charge in [0.15, 0.2) is 5.78 Å². The Hall–Kier alpha value is -2.70. The monoisotopic (exact) mass is 449 g/mol. The summed E-state index contributed by atoms with van der Waals surface area (Å²) in [7, 11) is 0. The number of Topliss-reactive ketones (excluding diaryl/α,β-unsaturated/α-hetero) is 1. The van der Waals surface area contributed by atoms with E-state index in [0.29, 0.717) is 30.9 Å². The maximum absolute atomic E-state index is 13.0. The second-order valence-electron chi connectivity index (χ2n) is 9.38. The summed E-state index contributed by atoms with van der Waals surface area (Å²) in [6.45, 7) is 0.913. The molecule has 5 rings (SSSR count). The molecule has 0 bridgehead atoms. The third-order valence-electron chi connectivity index (χ3n) is 7.04. The smallest absolute Gasteiger partial charge is 0.223 e. The van der Waals surface area contributed by atoms with Crippen LogP contribution in [0, 0.1) is 11.8 Å². The number of ether oxygens (including phenoxy) is 3. The molecule has 3 aliphatic rings. The Labute approximate surface area is 194 Å². The number of amides is 1. The van der Waals surface area contributed by atoms with E-state index in [1.54, 1.807) is 6.07 Å². The van der Waals surface area contributed by atoms with Crippen molar-refractivity contribution in [2.45, 2.75) is 56.8 Å². The Kier molecular flexibility index (Phi) is 6.74. The summed E-state index contributed by atoms with van der Waals surface area (Å²) in [6.07, 6.45) is 5.43. The highest BCUT2D eigenvalue weighted by molar-refractivity contribution is 5.96. The Morgan fingerprint density at radius 2 is 1.64 bits per heavy atom. The predicted octanol–water partition coefficient (Wildman–Crippen LogP) is 4.53. The average molecular weight is 450 g/mol. The van der Waals surface area contributed by atoms with E-state index in [9.17, 15) is 9.59 Å². The summed E-state index contributed by atoms with van der Waals surface area (Å²) in [6, 6.07) is 16.7. The third-order valence-corrected chi connectivity index (χ3v) is 7.04. The minimum absolute atomic E-state index is 0.0159. The van der Waals surface area contributed by atoms with Crippen LogP contribution in [0.3, 0.4) is 0 Å². The number of nitrogens with one attached hydrogen (secondary N) is 1. The summed E-state index contributed by atoms with van der Waals surface area (Å²) in [5, 5.41) is 3.17. The average Bonchev–Trinajstić information content (AvgIpc) is 3.44. The van der Waals surface area contributed by atoms with Crippen LogP contribution in [0.15, 0.2) is 54.6 Å². The molecule has 3 fully saturated rings. The van der Waals surface area contributed by atoms with Crippen molar-refractivity contribution in [1.82, 2.24) is 5.32 Å². The molecule has 6 nitrogen and oxygen atoms in total. The first-order valence-corrected chi connectivity index (χ1v) is 12.1. The number of hydrogen-bond acceptors (Lipinski definition) is 5. The van der Waals surface area contributed by atoms with Crippen molar-refractivity contribution in [3.63, 3.8) is 0 Å². The van der Waals surface area contributed by atoms with Gasteiger partial charge in [-0.15, -0.1) is 0 Å². The van der Waals surface area contributed by atoms with E-state index in [2.05, 4.69) is 5.32 Å². The fraction of sp³-hybridized carbons (Fsp3) is 0.481. The molecular formula is C27H31NO5. The molecule has 1 saturated carbocycles. The standard InChI is InChI=1S/C27H31NO5/c29-24(19-10-7-13-22(14-19)33-21-11-5-2-6-12-21)15-20-16-31-26-23(17-32-25(20)26)28-27(30)18-8-3-1-4-9-18/h2,5-7,10-14,18,20,23,25-26H,1,3-4,8-9,15-17H2,(H,28,30). The Morgan fingerprint density at radius 1 is 0.879 bits per heavy atom. The van der Waals surface area contributed by atoms with Gasteiger partial charge in [-0.3, -0.25) is 9.59 Å². The summed E-state index contributed by atoms with van der Waals surface area (Å²) in [4.78, 5) is 25.7. The van der Waals surface area contributed by atoms with Crippen LogP contribution in [0.1, 0.15) is 48.9 Å². The van der Waals surface area contributed by atoms with Gasteiger partial charge >= 0.3 is 0 Å². The molecule has 6 heteroatoms. The lowest BCUT2D eigenvalue weighted by Gasteiger charge is -2.24. The molecule has 2 saturated heterocycles. The SMILES string of the molecule is O=C(CC1COC2C(NC(=O)C3CCCCC3)COC12)c1cccc(Oc2ccccc2)c1. The summed E-state index contributed by atoms with van der Waals surface area (Å²) < 4.78 is 17.9. The van der Waals surface area contributed by atoms with Crippen molar-refractivity contribution in [3.05, 3.63) is 60.2 Å². The summed E-state index contributed by atoms with van der Waals surface area (Å²) in [5.74, 6) is 1.63. The van der Waals surface area contributed by atoms with E-state index < -0.39 is 0 Å². The number of ketones is 1. The molecule has 1 N–H and O–H groups in total. The van der Waals surface area contributed by atoms with Crippen LogP contribution in [0.5, 0.6) is 11.5 Å². The van der Waals surface area contributed by atoms with Gasteiger partial charge in [0.2, 0.25) is 5.91 Å². The Bertz CT molecular complexity index is 971. The molecular weight excluding hydrogens is 418 g/mol. The van der Waals surface area contributed by atoms with E-state index in [0.717, 1.165) is 31.4 Å². The Balaban J connectivity index is 1.17. The zero-order valence-electron chi connectivity index (χ0n) is 18.8. The second kappa shape index (κ2) is 10.1. The normalized spacial score (nSPS) is 27.2. The topological polar surface area (TPSA) is 73.9 Å². The van der Waals surface area contributed by atoms with E-state index in [4.69, 9.17) is 14.2 Å². The number of carbonyl (C=O) groups is 2. The van der Waals surface area contributed by atoms with Gasteiger partial charge in [-0.25, -0.2) is 0 Å². The van der Waals surface area contributed by atoms with Gasteiger partial charge in [-0.1, -0.05) is 49.6 Å². The van der Waals surface area contributed by atoms with Crippen LogP contribution >= 0.6 is 0 Å². The van der Waals surface area contributed by atoms with Gasteiger partial charge in [0, 0.05) is 23.8 Å². The van der Waals surface area contributed by atoms with Crippen molar-refractivity contribution in [2.24, 2.45) is 11.8 Å². The van der Waals surface area contributed by atoms with E-state index >= 15 is 0 Å².